The lowest BCUT2D eigenvalue weighted by Crippen LogP contribution is -2.56. The molecule has 135 heavy (non-hydrogen) atoms. The summed E-state index contributed by atoms with van der Waals surface area (Å²) in [5.41, 5.74) is -32.3. The Morgan fingerprint density at radius 2 is 0.556 bits per heavy atom. The third-order valence-corrected chi connectivity index (χ3v) is 22.9. The molecule has 52 nitrogen and oxygen atoms in total. The van der Waals surface area contributed by atoms with Crippen LogP contribution in [0.15, 0.2) is 42.5 Å². The molecule has 10 aromatic rings. The highest BCUT2D eigenvalue weighted by atomic mass is 16.7. The lowest BCUT2D eigenvalue weighted by molar-refractivity contribution is -0.154. The molecule has 698 valence electrons. The van der Waals surface area contributed by atoms with Crippen LogP contribution >= 0.6 is 0 Å². The smallest absolute Gasteiger partial charge is 0.342 e. The number of hydrogen-bond donors (Lipinski definition) is 30. The zero-order chi connectivity index (χ0) is 98.0. The molecule has 0 aliphatic carbocycles. The van der Waals surface area contributed by atoms with Gasteiger partial charge >= 0.3 is 59.7 Å². The van der Waals surface area contributed by atoms with Crippen molar-refractivity contribution in [3.8, 4) is 234 Å². The molecule has 10 atom stereocenters. The van der Waals surface area contributed by atoms with E-state index in [0.29, 0.717) is 6.07 Å². The summed E-state index contributed by atoms with van der Waals surface area (Å²) in [4.78, 5) is 154. The number of phenolic OH excluding ortho intramolecular Hbond substituents is 28. The summed E-state index contributed by atoms with van der Waals surface area (Å²) in [6.45, 7) is -3.81. The summed E-state index contributed by atoms with van der Waals surface area (Å²) >= 11 is 0. The van der Waals surface area contributed by atoms with Gasteiger partial charge in [0.15, 0.2) is 164 Å². The summed E-state index contributed by atoms with van der Waals surface area (Å²) in [6.07, 6.45) is -31.1. The summed E-state index contributed by atoms with van der Waals surface area (Å²) in [5.74, 6) is -74.8. The Bertz CT molecular complexity index is 7200. The maximum atomic E-state index is 16.2. The van der Waals surface area contributed by atoms with Crippen LogP contribution in [0.5, 0.6) is 178 Å². The minimum absolute atomic E-state index is 0.00147. The molecule has 9 aliphatic heterocycles. The second-order valence-corrected chi connectivity index (χ2v) is 30.1. The van der Waals surface area contributed by atoms with Crippen molar-refractivity contribution >= 4 is 59.7 Å². The Labute approximate surface area is 739 Å². The van der Waals surface area contributed by atoms with E-state index in [1.54, 1.807) is 0 Å². The number of carbonyl (C=O) groups excluding carboxylic acids is 10. The van der Waals surface area contributed by atoms with Gasteiger partial charge in [0, 0.05) is 78.9 Å². The normalized spacial score (nSPS) is 20.2. The number of esters is 10. The van der Waals surface area contributed by atoms with Gasteiger partial charge in [0.1, 0.15) is 31.0 Å². The summed E-state index contributed by atoms with van der Waals surface area (Å²) in [6, 6.07) is 1.23. The van der Waals surface area contributed by atoms with Gasteiger partial charge in [-0.25, -0.2) is 47.9 Å². The fraction of sp³-hybridized carbons (Fsp3) is 0.157. The number of phenols is 28. The molecule has 10 aromatic carbocycles. The first-order valence-corrected chi connectivity index (χ1v) is 37.7. The van der Waals surface area contributed by atoms with Crippen LogP contribution in [-0.2, 0) is 47.4 Å². The molecule has 10 bridgehead atoms. The van der Waals surface area contributed by atoms with Crippen LogP contribution < -0.4 is 9.47 Å². The molecule has 0 saturated heterocycles. The van der Waals surface area contributed by atoms with Crippen LogP contribution in [0.25, 0.3) is 55.6 Å². The van der Waals surface area contributed by atoms with E-state index in [0.717, 1.165) is 7.11 Å². The molecule has 0 unspecified atom stereocenters. The zero-order valence-corrected chi connectivity index (χ0v) is 66.1. The third-order valence-electron chi connectivity index (χ3n) is 22.9. The quantitative estimate of drug-likeness (QED) is 0.0644. The van der Waals surface area contributed by atoms with Gasteiger partial charge < -0.3 is 210 Å². The van der Waals surface area contributed by atoms with E-state index in [2.05, 4.69) is 0 Å². The van der Waals surface area contributed by atoms with Gasteiger partial charge in [0.05, 0.1) is 57.2 Å². The number of aliphatic hydroxyl groups is 2. The largest absolute Gasteiger partial charge is 0.504 e. The Morgan fingerprint density at radius 3 is 0.993 bits per heavy atom. The Balaban J connectivity index is 0.863. The van der Waals surface area contributed by atoms with E-state index in [1.807, 2.05) is 0 Å². The highest BCUT2D eigenvalue weighted by Crippen LogP contribution is 2.65. The highest BCUT2D eigenvalue weighted by molar-refractivity contribution is 6.18. The average molecular weight is 1880 g/mol. The monoisotopic (exact) mass is 1880 g/mol. The van der Waals surface area contributed by atoms with E-state index in [1.165, 1.54) is 0 Å². The Kier molecular flexibility index (Phi) is 19.9. The van der Waals surface area contributed by atoms with Gasteiger partial charge in [-0.05, 0) is 30.3 Å². The number of hydrogen-bond acceptors (Lipinski definition) is 52. The first-order chi connectivity index (χ1) is 63.6. The average Bonchev–Trinajstić information content (AvgIpc) is 1.69. The number of aromatic hydroxyl groups is 28. The van der Waals surface area contributed by atoms with Gasteiger partial charge in [0.2, 0.25) is 63.2 Å². The van der Waals surface area contributed by atoms with Gasteiger partial charge in [-0.1, -0.05) is 0 Å². The molecule has 0 amide bonds. The second-order valence-electron chi connectivity index (χ2n) is 30.1. The SMILES string of the molecule is COc1cc2c(c(O)c1O)-c1c(cc(O)c(O)c1O)C(=O)OC[C@@H](OC(=O)c1cc(O)c(O)c(O)c1Oc1cc3c(c(O)c1O)-c1c(cc(O)c(O)c1O)C(=O)OC[C@H]1OC(=O)c4cc(O)c(O)c(O)c4-c4c(O)c(O)c(O)c5c4C(=O)O[C@H]([C@H]4OC(=O)c6c-5c(O)c(O)c(O)c6[C@H]4O)[C@@H]1OC3=O)[C@H]([C@@H]1OC(=O)c3cc(O)c(O)c(O)c3-c3c(O)c(O)c(O)c4c3C(=O)O[C@H]1[C@@H]4O)OC2=O. The lowest BCUT2D eigenvalue weighted by atomic mass is 9.80. The molecule has 9 aliphatic rings. The van der Waals surface area contributed by atoms with Crippen LogP contribution in [0.4, 0.5) is 0 Å². The van der Waals surface area contributed by atoms with E-state index < -0.39 is 435 Å². The predicted molar refractivity (Wildman–Crippen MR) is 417 cm³/mol. The minimum atomic E-state index is -3.30. The van der Waals surface area contributed by atoms with E-state index in [-0.39, 0.29) is 36.4 Å². The van der Waals surface area contributed by atoms with E-state index >= 15 is 28.8 Å². The number of carbonyl (C=O) groups is 10. The maximum Gasteiger partial charge on any atom is 0.342 e. The van der Waals surface area contributed by atoms with Crippen molar-refractivity contribution in [3.63, 3.8) is 0 Å². The van der Waals surface area contributed by atoms with Gasteiger partial charge in [-0.2, -0.15) is 0 Å². The molecular formula is C83H54O52. The fourth-order valence-corrected chi connectivity index (χ4v) is 16.6. The van der Waals surface area contributed by atoms with Crippen molar-refractivity contribution in [2.24, 2.45) is 0 Å². The van der Waals surface area contributed by atoms with Gasteiger partial charge in [0.25, 0.3) is 0 Å². The number of ether oxygens (including phenoxy) is 12. The Hall–Kier alpha value is -19.2. The lowest BCUT2D eigenvalue weighted by Gasteiger charge is -2.40. The van der Waals surface area contributed by atoms with Crippen molar-refractivity contribution in [3.05, 3.63) is 109 Å². The first-order valence-electron chi connectivity index (χ1n) is 37.7. The number of benzene rings is 10. The van der Waals surface area contributed by atoms with Gasteiger partial charge in [-0.15, -0.1) is 0 Å². The number of aliphatic hydroxyl groups excluding tert-OH is 2. The summed E-state index contributed by atoms with van der Waals surface area (Å²) < 4.78 is 68.2. The topological polar surface area (TPSA) is 888 Å². The molecular weight excluding hydrogens is 1830 g/mol. The standard InChI is InChI=1S/C83H54O52/c1-124-23-7-15-29(53(100)47(23)94)27-11(2-18(84)42(89)49(27)96)74(114)126-10-26(68(130-78(15)118)72-70-61(108)40-38(82(122)132-70)34(56(103)64(111)59(40)106)32-14(77(117)134-72)5-21(87)45(92)52(32)99)129-80(120)17-6-22(88)46(93)66(113)67(17)127-24-8-16-30(54(101)48(24)95)28-12(3-19(85)43(90)50(28)97)75(115)125-9-25-69(131-79(16)119)73-71-62(109)41-39(83(123)133-71)36(58(105)65(112)60(41)107)35-37(81(121)135-73)33(55(102)63(110)57(35)104)31-13(76(116)128-25)4-20(86)44(91)51(31)98/h2-8,25-26,61-62,68-73,84-113H,9-10H2,1H3/t25-,26-,61-,62-,68-,69-,70+,71+,72+,73+/m1/s1. The highest BCUT2D eigenvalue weighted by Gasteiger charge is 2.59. The number of fused-ring (bicyclic) bond motifs is 13. The van der Waals surface area contributed by atoms with Crippen molar-refractivity contribution < 1.29 is 258 Å². The molecule has 19 rings (SSSR count). The number of methoxy groups -OCH3 is 1. The number of cyclic esters (lactones) is 3. The molecule has 52 heteroatoms. The molecule has 0 saturated carbocycles. The molecule has 30 N–H and O–H groups in total. The second kappa shape index (κ2) is 30.5. The van der Waals surface area contributed by atoms with Crippen molar-refractivity contribution in [2.75, 3.05) is 20.3 Å². The van der Waals surface area contributed by atoms with Crippen molar-refractivity contribution in [1.82, 2.24) is 0 Å². The number of rotatable bonds is 6. The van der Waals surface area contributed by atoms with E-state index in [9.17, 15) is 172 Å². The molecule has 0 radical (unpaired) electrons. The first kappa shape index (κ1) is 87.9. The summed E-state index contributed by atoms with van der Waals surface area (Å²) in [5, 5.41) is 348. The maximum absolute atomic E-state index is 16.2. The van der Waals surface area contributed by atoms with Crippen LogP contribution in [-0.4, -0.2) is 282 Å². The van der Waals surface area contributed by atoms with Crippen LogP contribution in [0.3, 0.4) is 0 Å². The van der Waals surface area contributed by atoms with Crippen LogP contribution in [0.2, 0.25) is 0 Å². The molecule has 0 spiro atoms. The van der Waals surface area contributed by atoms with Gasteiger partial charge in [-0.3, -0.25) is 0 Å². The van der Waals surface area contributed by atoms with Crippen molar-refractivity contribution in [1.29, 1.82) is 0 Å². The fourth-order valence-electron chi connectivity index (χ4n) is 16.6. The molecule has 9 heterocycles. The van der Waals surface area contributed by atoms with Crippen LogP contribution in [0, 0.1) is 0 Å². The Morgan fingerprint density at radius 1 is 0.267 bits per heavy atom. The van der Waals surface area contributed by atoms with Crippen molar-refractivity contribution in [2.45, 2.75) is 61.0 Å². The summed E-state index contributed by atoms with van der Waals surface area (Å²) in [7, 11) is 0.772. The zero-order valence-electron chi connectivity index (χ0n) is 66.1. The molecule has 0 fully saturated rings. The third kappa shape index (κ3) is 12.6. The molecule has 0 aromatic heterocycles. The van der Waals surface area contributed by atoms with Crippen LogP contribution in [0.1, 0.15) is 127 Å². The van der Waals surface area contributed by atoms with E-state index in [4.69, 9.17) is 56.8 Å². The minimum Gasteiger partial charge on any atom is -0.504 e. The predicted octanol–water partition coefficient (Wildman–Crippen LogP) is 3.36.